The van der Waals surface area contributed by atoms with Crippen LogP contribution in [0, 0.1) is 0 Å². The van der Waals surface area contributed by atoms with E-state index in [1.54, 1.807) is 18.3 Å². The van der Waals surface area contributed by atoms with Gasteiger partial charge in [0.05, 0.1) is 11.6 Å². The van der Waals surface area contributed by atoms with Crippen LogP contribution in [0.3, 0.4) is 0 Å². The molecule has 2 rings (SSSR count). The molecule has 6 nitrogen and oxygen atoms in total. The van der Waals surface area contributed by atoms with Gasteiger partial charge >= 0.3 is 0 Å². The lowest BCUT2D eigenvalue weighted by Gasteiger charge is -2.26. The fourth-order valence-electron chi connectivity index (χ4n) is 2.67. The van der Waals surface area contributed by atoms with Gasteiger partial charge in [0.15, 0.2) is 0 Å². The summed E-state index contributed by atoms with van der Waals surface area (Å²) in [5.41, 5.74) is -0.241. The summed E-state index contributed by atoms with van der Waals surface area (Å²) >= 11 is 0. The molecule has 1 aromatic heterocycles. The number of likely N-dealkylation sites (N-methyl/N-ethyl adjacent to an activating group) is 1. The zero-order valence-corrected chi connectivity index (χ0v) is 14.0. The van der Waals surface area contributed by atoms with Crippen molar-refractivity contribution in [1.29, 1.82) is 0 Å². The lowest BCUT2D eigenvalue weighted by Crippen LogP contribution is -2.43. The van der Waals surface area contributed by atoms with E-state index >= 15 is 0 Å². The van der Waals surface area contributed by atoms with Crippen LogP contribution in [0.4, 0.5) is 0 Å². The first-order valence-electron chi connectivity index (χ1n) is 8.02. The van der Waals surface area contributed by atoms with Crippen LogP contribution in [0.5, 0.6) is 0 Å². The van der Waals surface area contributed by atoms with Crippen LogP contribution in [0.1, 0.15) is 20.8 Å². The van der Waals surface area contributed by atoms with E-state index in [2.05, 4.69) is 36.1 Å². The van der Waals surface area contributed by atoms with Gasteiger partial charge < -0.3 is 5.32 Å². The highest BCUT2D eigenvalue weighted by atomic mass is 16.2. The Morgan fingerprint density at radius 3 is 2.70 bits per heavy atom. The van der Waals surface area contributed by atoms with Gasteiger partial charge in [0.2, 0.25) is 5.91 Å². The molecule has 0 bridgehead atoms. The Morgan fingerprint density at radius 2 is 2.00 bits per heavy atom. The van der Waals surface area contributed by atoms with Crippen molar-refractivity contribution < 1.29 is 4.79 Å². The highest BCUT2D eigenvalue weighted by molar-refractivity contribution is 5.81. The summed E-state index contributed by atoms with van der Waals surface area (Å²) < 4.78 is 1.21. The van der Waals surface area contributed by atoms with Gasteiger partial charge in [0.25, 0.3) is 5.56 Å². The number of carbonyl (C=O) groups excluding carboxylic acids is 1. The molecule has 1 heterocycles. The Labute approximate surface area is 136 Å². The van der Waals surface area contributed by atoms with E-state index in [0.717, 1.165) is 18.5 Å². The molecule has 1 N–H and O–H groups in total. The van der Waals surface area contributed by atoms with Crippen molar-refractivity contribution in [3.63, 3.8) is 0 Å². The van der Waals surface area contributed by atoms with Gasteiger partial charge in [-0.05, 0) is 26.1 Å². The van der Waals surface area contributed by atoms with Gasteiger partial charge in [-0.3, -0.25) is 14.5 Å². The van der Waals surface area contributed by atoms with E-state index in [4.69, 9.17) is 0 Å². The maximum Gasteiger partial charge on any atom is 0.275 e. The van der Waals surface area contributed by atoms with Crippen molar-refractivity contribution >= 4 is 16.7 Å². The number of amides is 1. The van der Waals surface area contributed by atoms with Crippen LogP contribution in [0.2, 0.25) is 0 Å². The van der Waals surface area contributed by atoms with Crippen LogP contribution in [-0.4, -0.2) is 46.3 Å². The quantitative estimate of drug-likeness (QED) is 0.834. The predicted molar refractivity (Wildman–Crippen MR) is 91.4 cm³/mol. The maximum absolute atomic E-state index is 12.3. The SMILES string of the molecule is CCN(CC)C(C)CNC(=O)Cn1ncc2ccccc2c1=O. The van der Waals surface area contributed by atoms with E-state index in [0.29, 0.717) is 11.9 Å². The van der Waals surface area contributed by atoms with Gasteiger partial charge in [-0.1, -0.05) is 32.0 Å². The van der Waals surface area contributed by atoms with Crippen molar-refractivity contribution in [2.45, 2.75) is 33.4 Å². The van der Waals surface area contributed by atoms with Crippen molar-refractivity contribution in [3.8, 4) is 0 Å². The molecule has 2 aromatic rings. The number of fused-ring (bicyclic) bond motifs is 1. The number of benzene rings is 1. The molecular formula is C17H24N4O2. The molecule has 1 amide bonds. The zero-order valence-electron chi connectivity index (χ0n) is 14.0. The largest absolute Gasteiger partial charge is 0.353 e. The molecular weight excluding hydrogens is 292 g/mol. The standard InChI is InChI=1S/C17H24N4O2/c1-4-20(5-2)13(3)10-18-16(22)12-21-17(23)15-9-7-6-8-14(15)11-19-21/h6-9,11,13H,4-5,10,12H2,1-3H3,(H,18,22). The molecule has 124 valence electrons. The fourth-order valence-corrected chi connectivity index (χ4v) is 2.67. The summed E-state index contributed by atoms with van der Waals surface area (Å²) in [5.74, 6) is -0.200. The number of aromatic nitrogens is 2. The minimum absolute atomic E-state index is 0.0609. The van der Waals surface area contributed by atoms with Crippen molar-refractivity contribution in [1.82, 2.24) is 20.0 Å². The third-order valence-corrected chi connectivity index (χ3v) is 4.09. The van der Waals surface area contributed by atoms with E-state index in [1.165, 1.54) is 4.68 Å². The molecule has 1 aromatic carbocycles. The normalized spacial score (nSPS) is 12.5. The summed E-state index contributed by atoms with van der Waals surface area (Å²) in [6.45, 7) is 8.66. The minimum Gasteiger partial charge on any atom is -0.353 e. The molecule has 6 heteroatoms. The van der Waals surface area contributed by atoms with Crippen molar-refractivity contribution in [2.75, 3.05) is 19.6 Å². The first-order valence-corrected chi connectivity index (χ1v) is 8.02. The molecule has 23 heavy (non-hydrogen) atoms. The Kier molecular flexibility index (Phi) is 5.87. The number of rotatable bonds is 7. The van der Waals surface area contributed by atoms with Gasteiger partial charge in [-0.25, -0.2) is 4.68 Å². The van der Waals surface area contributed by atoms with Crippen LogP contribution in [0.15, 0.2) is 35.3 Å². The third kappa shape index (κ3) is 4.16. The number of carbonyl (C=O) groups is 1. The lowest BCUT2D eigenvalue weighted by atomic mass is 10.2. The second-order valence-electron chi connectivity index (χ2n) is 5.57. The topological polar surface area (TPSA) is 67.2 Å². The first-order chi connectivity index (χ1) is 11.1. The molecule has 0 radical (unpaired) electrons. The minimum atomic E-state index is -0.241. The molecule has 0 saturated heterocycles. The Balaban J connectivity index is 2.01. The summed E-state index contributed by atoms with van der Waals surface area (Å²) in [6, 6.07) is 7.50. The number of nitrogens with one attached hydrogen (secondary N) is 1. The smallest absolute Gasteiger partial charge is 0.275 e. The first kappa shape index (κ1) is 17.1. The monoisotopic (exact) mass is 316 g/mol. The van der Waals surface area contributed by atoms with E-state index < -0.39 is 0 Å². The summed E-state index contributed by atoms with van der Waals surface area (Å²) in [4.78, 5) is 26.7. The van der Waals surface area contributed by atoms with Crippen molar-refractivity contribution in [2.24, 2.45) is 0 Å². The average molecular weight is 316 g/mol. The third-order valence-electron chi connectivity index (χ3n) is 4.09. The van der Waals surface area contributed by atoms with Gasteiger partial charge in [-0.2, -0.15) is 5.10 Å². The number of hydrogen-bond donors (Lipinski definition) is 1. The second kappa shape index (κ2) is 7.87. The molecule has 0 aliphatic carbocycles. The maximum atomic E-state index is 12.3. The summed E-state index contributed by atoms with van der Waals surface area (Å²) in [7, 11) is 0. The van der Waals surface area contributed by atoms with Gasteiger partial charge in [-0.15, -0.1) is 0 Å². The summed E-state index contributed by atoms with van der Waals surface area (Å²) in [6.07, 6.45) is 1.61. The van der Waals surface area contributed by atoms with E-state index in [-0.39, 0.29) is 24.1 Å². The Bertz CT molecular complexity index is 722. The van der Waals surface area contributed by atoms with E-state index in [9.17, 15) is 9.59 Å². The molecule has 1 atom stereocenters. The predicted octanol–water partition coefficient (Wildman–Crippen LogP) is 1.24. The molecule has 0 aliphatic rings. The highest BCUT2D eigenvalue weighted by Crippen LogP contribution is 2.06. The van der Waals surface area contributed by atoms with Gasteiger partial charge in [0.1, 0.15) is 6.54 Å². The zero-order chi connectivity index (χ0) is 16.8. The van der Waals surface area contributed by atoms with Crippen molar-refractivity contribution in [3.05, 3.63) is 40.8 Å². The van der Waals surface area contributed by atoms with Crippen LogP contribution in [0.25, 0.3) is 10.8 Å². The molecule has 0 spiro atoms. The summed E-state index contributed by atoms with van der Waals surface area (Å²) in [5, 5.41) is 8.31. The second-order valence-corrected chi connectivity index (χ2v) is 5.57. The number of hydrogen-bond acceptors (Lipinski definition) is 4. The molecule has 0 fully saturated rings. The average Bonchev–Trinajstić information content (AvgIpc) is 2.57. The van der Waals surface area contributed by atoms with Crippen LogP contribution >= 0.6 is 0 Å². The Hall–Kier alpha value is -2.21. The number of nitrogens with zero attached hydrogens (tertiary/aromatic N) is 3. The molecule has 0 saturated carbocycles. The highest BCUT2D eigenvalue weighted by Gasteiger charge is 2.12. The lowest BCUT2D eigenvalue weighted by molar-refractivity contribution is -0.122. The van der Waals surface area contributed by atoms with Crippen LogP contribution < -0.4 is 10.9 Å². The molecule has 0 aliphatic heterocycles. The van der Waals surface area contributed by atoms with Crippen LogP contribution in [-0.2, 0) is 11.3 Å². The molecule has 1 unspecified atom stereocenters. The van der Waals surface area contributed by atoms with Gasteiger partial charge in [0, 0.05) is 18.0 Å². The Morgan fingerprint density at radius 1 is 1.30 bits per heavy atom. The van der Waals surface area contributed by atoms with E-state index in [1.807, 2.05) is 12.1 Å². The fraction of sp³-hybridized carbons (Fsp3) is 0.471.